The van der Waals surface area contributed by atoms with E-state index in [4.69, 9.17) is 0 Å². The van der Waals surface area contributed by atoms with Crippen LogP contribution >= 0.6 is 0 Å². The van der Waals surface area contributed by atoms with Gasteiger partial charge < -0.3 is 9.47 Å². The van der Waals surface area contributed by atoms with Gasteiger partial charge in [0.2, 0.25) is 0 Å². The fourth-order valence-electron chi connectivity index (χ4n) is 9.59. The average Bonchev–Trinajstić information content (AvgIpc) is 3.69. The monoisotopic (exact) mass is 788 g/mol. The molecule has 0 saturated heterocycles. The van der Waals surface area contributed by atoms with E-state index in [9.17, 15) is 0 Å². The molecule has 0 spiro atoms. The molecule has 0 bridgehead atoms. The summed E-state index contributed by atoms with van der Waals surface area (Å²) in [6, 6.07) is 88.4. The number of rotatable bonds is 7. The van der Waals surface area contributed by atoms with Crippen LogP contribution in [-0.2, 0) is 0 Å². The van der Waals surface area contributed by atoms with Gasteiger partial charge in [0.05, 0.1) is 11.0 Å². The quantitative estimate of drug-likeness (QED) is 0.156. The predicted molar refractivity (Wildman–Crippen MR) is 264 cm³/mol. The van der Waals surface area contributed by atoms with E-state index in [1.807, 2.05) is 0 Å². The Kier molecular flexibility index (Phi) is 8.53. The van der Waals surface area contributed by atoms with E-state index < -0.39 is 0 Å². The zero-order valence-corrected chi connectivity index (χ0v) is 34.0. The molecule has 0 aliphatic carbocycles. The smallest absolute Gasteiger partial charge is 0.0619 e. The molecule has 1 heterocycles. The van der Waals surface area contributed by atoms with Crippen molar-refractivity contribution < 1.29 is 0 Å². The summed E-state index contributed by atoms with van der Waals surface area (Å²) in [6.07, 6.45) is 0. The van der Waals surface area contributed by atoms with Crippen molar-refractivity contribution in [3.8, 4) is 39.1 Å². The zero-order chi connectivity index (χ0) is 41.0. The first-order chi connectivity index (χ1) is 30.7. The summed E-state index contributed by atoms with van der Waals surface area (Å²) < 4.78 is 2.44. The summed E-state index contributed by atoms with van der Waals surface area (Å²) in [6.45, 7) is 0. The molecular weight excluding hydrogens is 749 g/mol. The first-order valence-electron chi connectivity index (χ1n) is 21.3. The maximum atomic E-state index is 2.44. The molecule has 2 nitrogen and oxygen atoms in total. The average molecular weight is 789 g/mol. The first kappa shape index (κ1) is 35.7. The van der Waals surface area contributed by atoms with Gasteiger partial charge >= 0.3 is 0 Å². The fourth-order valence-corrected chi connectivity index (χ4v) is 9.59. The highest BCUT2D eigenvalue weighted by Crippen LogP contribution is 2.41. The Bertz CT molecular complexity index is 3470. The molecule has 0 N–H and O–H groups in total. The highest BCUT2D eigenvalue weighted by atomic mass is 15.1. The van der Waals surface area contributed by atoms with Crippen LogP contribution in [0.2, 0.25) is 0 Å². The highest BCUT2D eigenvalue weighted by Gasteiger charge is 2.18. The summed E-state index contributed by atoms with van der Waals surface area (Å²) >= 11 is 0. The molecule has 12 aromatic rings. The van der Waals surface area contributed by atoms with Crippen LogP contribution in [0.25, 0.3) is 93.2 Å². The summed E-state index contributed by atoms with van der Waals surface area (Å²) in [5.41, 5.74) is 14.1. The number of fused-ring (bicyclic) bond motifs is 7. The third kappa shape index (κ3) is 6.04. The molecule has 1 aromatic heterocycles. The normalized spacial score (nSPS) is 11.5. The molecule has 0 amide bonds. The lowest BCUT2D eigenvalue weighted by Crippen LogP contribution is -2.09. The van der Waals surface area contributed by atoms with Gasteiger partial charge in [0.1, 0.15) is 0 Å². The van der Waals surface area contributed by atoms with Gasteiger partial charge in [0.15, 0.2) is 0 Å². The second-order valence-corrected chi connectivity index (χ2v) is 16.1. The second-order valence-electron chi connectivity index (χ2n) is 16.1. The number of benzene rings is 11. The lowest BCUT2D eigenvalue weighted by Gasteiger charge is -2.26. The molecule has 0 unspecified atom stereocenters. The third-order valence-corrected chi connectivity index (χ3v) is 12.6. The SMILES string of the molecule is c1ccc(-n2c3cc(-c4ccc(N(c5ccc(-c6cccc7ccccc67)cc5)c5ccc(-c6cccc7ccccc67)cc5)cc4)ccc3c3ccc4ccccc4c32)cc1. The van der Waals surface area contributed by atoms with E-state index in [2.05, 4.69) is 252 Å². The predicted octanol–water partition coefficient (Wildman–Crippen LogP) is 16.7. The standard InChI is InChI=1S/C60H40N2/c1-2-17-48(18-3-1)62-59-40-47(31-38-57(59)58-39-30-44-14-6-9-21-56(44)60(58)62)41-24-32-49(33-25-41)61(50-34-26-45(27-35-50)54-22-10-15-42-12-4-7-19-52(42)54)51-36-28-46(29-37-51)55-23-11-16-43-13-5-8-20-53(43)55/h1-40H. The Morgan fingerprint density at radius 1 is 0.274 bits per heavy atom. The Labute approximate surface area is 360 Å². The summed E-state index contributed by atoms with van der Waals surface area (Å²) in [7, 11) is 0. The van der Waals surface area contributed by atoms with Crippen molar-refractivity contribution in [2.75, 3.05) is 4.90 Å². The van der Waals surface area contributed by atoms with Gasteiger partial charge in [-0.1, -0.05) is 188 Å². The topological polar surface area (TPSA) is 8.17 Å². The van der Waals surface area contributed by atoms with Crippen molar-refractivity contribution in [1.82, 2.24) is 4.57 Å². The van der Waals surface area contributed by atoms with E-state index in [0.717, 1.165) is 22.7 Å². The van der Waals surface area contributed by atoms with Gasteiger partial charge in [-0.05, 0) is 115 Å². The minimum Gasteiger partial charge on any atom is -0.311 e. The number of hydrogen-bond acceptors (Lipinski definition) is 1. The third-order valence-electron chi connectivity index (χ3n) is 12.6. The minimum absolute atomic E-state index is 1.09. The van der Waals surface area contributed by atoms with Crippen molar-refractivity contribution in [2.24, 2.45) is 0 Å². The van der Waals surface area contributed by atoms with E-state index in [-0.39, 0.29) is 0 Å². The van der Waals surface area contributed by atoms with Crippen molar-refractivity contribution in [1.29, 1.82) is 0 Å². The van der Waals surface area contributed by atoms with Crippen LogP contribution in [0, 0.1) is 0 Å². The molecule has 2 heteroatoms. The van der Waals surface area contributed by atoms with E-state index in [1.165, 1.54) is 87.5 Å². The molecule has 62 heavy (non-hydrogen) atoms. The van der Waals surface area contributed by atoms with E-state index in [0.29, 0.717) is 0 Å². The number of aromatic nitrogens is 1. The zero-order valence-electron chi connectivity index (χ0n) is 34.0. The van der Waals surface area contributed by atoms with Crippen molar-refractivity contribution in [3.63, 3.8) is 0 Å². The van der Waals surface area contributed by atoms with Gasteiger partial charge in [-0.25, -0.2) is 0 Å². The van der Waals surface area contributed by atoms with Crippen LogP contribution in [0.1, 0.15) is 0 Å². The largest absolute Gasteiger partial charge is 0.311 e. The van der Waals surface area contributed by atoms with Gasteiger partial charge in [-0.3, -0.25) is 0 Å². The lowest BCUT2D eigenvalue weighted by atomic mass is 9.97. The second kappa shape index (κ2) is 14.8. The lowest BCUT2D eigenvalue weighted by molar-refractivity contribution is 1.19. The Morgan fingerprint density at radius 3 is 1.27 bits per heavy atom. The van der Waals surface area contributed by atoms with Crippen LogP contribution in [0.3, 0.4) is 0 Å². The number of para-hydroxylation sites is 1. The molecule has 0 aliphatic rings. The van der Waals surface area contributed by atoms with Crippen LogP contribution in [0.4, 0.5) is 17.1 Å². The van der Waals surface area contributed by atoms with E-state index in [1.54, 1.807) is 0 Å². The number of nitrogens with zero attached hydrogens (tertiary/aromatic N) is 2. The van der Waals surface area contributed by atoms with Gasteiger partial charge in [0.25, 0.3) is 0 Å². The molecule has 12 rings (SSSR count). The molecule has 0 radical (unpaired) electrons. The molecule has 0 saturated carbocycles. The maximum absolute atomic E-state index is 2.44. The Balaban J connectivity index is 0.961. The minimum atomic E-state index is 1.09. The first-order valence-corrected chi connectivity index (χ1v) is 21.3. The maximum Gasteiger partial charge on any atom is 0.0619 e. The number of anilines is 3. The van der Waals surface area contributed by atoms with Crippen molar-refractivity contribution >= 4 is 71.2 Å². The summed E-state index contributed by atoms with van der Waals surface area (Å²) in [5, 5.41) is 10.0. The number of hydrogen-bond donors (Lipinski definition) is 0. The molecule has 290 valence electrons. The molecule has 11 aromatic carbocycles. The summed E-state index contributed by atoms with van der Waals surface area (Å²) in [4.78, 5) is 2.37. The van der Waals surface area contributed by atoms with Gasteiger partial charge in [0, 0.05) is 38.9 Å². The molecule has 0 aliphatic heterocycles. The van der Waals surface area contributed by atoms with E-state index >= 15 is 0 Å². The molecule has 0 fully saturated rings. The highest BCUT2D eigenvalue weighted by molar-refractivity contribution is 6.19. The van der Waals surface area contributed by atoms with Crippen LogP contribution in [-0.4, -0.2) is 4.57 Å². The molecular formula is C60H40N2. The van der Waals surface area contributed by atoms with Gasteiger partial charge in [-0.2, -0.15) is 0 Å². The Hall–Kier alpha value is -8.20. The fraction of sp³-hybridized carbons (Fsp3) is 0. The van der Waals surface area contributed by atoms with Crippen molar-refractivity contribution in [3.05, 3.63) is 243 Å². The van der Waals surface area contributed by atoms with Gasteiger partial charge in [-0.15, -0.1) is 0 Å². The van der Waals surface area contributed by atoms with Crippen LogP contribution in [0.15, 0.2) is 243 Å². The Morgan fingerprint density at radius 2 is 0.710 bits per heavy atom. The summed E-state index contributed by atoms with van der Waals surface area (Å²) in [5.74, 6) is 0. The van der Waals surface area contributed by atoms with Crippen molar-refractivity contribution in [2.45, 2.75) is 0 Å². The molecule has 0 atom stereocenters. The van der Waals surface area contributed by atoms with Crippen LogP contribution in [0.5, 0.6) is 0 Å². The van der Waals surface area contributed by atoms with Crippen LogP contribution < -0.4 is 4.90 Å².